The van der Waals surface area contributed by atoms with Crippen LogP contribution in [0.5, 0.6) is 5.75 Å². The van der Waals surface area contributed by atoms with E-state index in [4.69, 9.17) is 9.47 Å². The number of carbonyl (C=O) groups excluding carboxylic acids is 1. The lowest BCUT2D eigenvalue weighted by molar-refractivity contribution is -0.122. The Morgan fingerprint density at radius 1 is 1.21 bits per heavy atom. The number of sulfonamides is 1. The van der Waals surface area contributed by atoms with Gasteiger partial charge in [0.25, 0.3) is 5.91 Å². The minimum absolute atomic E-state index is 0.0712. The van der Waals surface area contributed by atoms with E-state index in [1.54, 1.807) is 19.1 Å². The van der Waals surface area contributed by atoms with Crippen LogP contribution in [0.15, 0.2) is 53.4 Å². The maximum absolute atomic E-state index is 12.4. The zero-order chi connectivity index (χ0) is 20.9. The van der Waals surface area contributed by atoms with Crippen molar-refractivity contribution in [3.05, 3.63) is 54.1 Å². The second-order valence-corrected chi connectivity index (χ2v) is 8.79. The number of anilines is 1. The van der Waals surface area contributed by atoms with Crippen molar-refractivity contribution in [3.8, 4) is 5.75 Å². The second-order valence-electron chi connectivity index (χ2n) is 7.03. The second kappa shape index (κ2) is 9.39. The maximum atomic E-state index is 12.4. The number of carbonyl (C=O) groups is 1. The van der Waals surface area contributed by atoms with Crippen LogP contribution in [0.2, 0.25) is 0 Å². The minimum atomic E-state index is -3.62. The molecule has 3 rings (SSSR count). The molecule has 2 aromatic carbocycles. The number of hydrogen-bond acceptors (Lipinski definition) is 5. The molecule has 2 aromatic rings. The van der Waals surface area contributed by atoms with E-state index in [1.807, 2.05) is 31.2 Å². The van der Waals surface area contributed by atoms with E-state index in [1.165, 1.54) is 12.1 Å². The first-order valence-corrected chi connectivity index (χ1v) is 11.1. The lowest BCUT2D eigenvalue weighted by Gasteiger charge is -2.16. The van der Waals surface area contributed by atoms with E-state index in [9.17, 15) is 13.2 Å². The molecule has 7 nitrogen and oxygen atoms in total. The van der Waals surface area contributed by atoms with Gasteiger partial charge in [0.2, 0.25) is 10.0 Å². The van der Waals surface area contributed by atoms with Crippen LogP contribution in [0.1, 0.15) is 25.3 Å². The van der Waals surface area contributed by atoms with Crippen LogP contribution in [0.4, 0.5) is 5.69 Å². The molecule has 0 bridgehead atoms. The van der Waals surface area contributed by atoms with E-state index >= 15 is 0 Å². The molecule has 1 heterocycles. The van der Waals surface area contributed by atoms with Crippen molar-refractivity contribution in [1.82, 2.24) is 4.72 Å². The summed E-state index contributed by atoms with van der Waals surface area (Å²) in [5, 5.41) is 2.74. The standard InChI is InChI=1S/C21H26N2O5S/c1-15-6-3-4-8-20(15)28-16(2)21(24)23-17-9-11-19(12-10-17)29(25,26)22-14-18-7-5-13-27-18/h3-4,6,8-12,16,18,22H,5,7,13-14H2,1-2H3,(H,23,24). The molecule has 29 heavy (non-hydrogen) atoms. The van der Waals surface area contributed by atoms with E-state index in [-0.39, 0.29) is 23.5 Å². The number of amides is 1. The lowest BCUT2D eigenvalue weighted by atomic mass is 10.2. The van der Waals surface area contributed by atoms with Crippen LogP contribution < -0.4 is 14.8 Å². The Balaban J connectivity index is 1.56. The fraction of sp³-hybridized carbons (Fsp3) is 0.381. The third-order valence-corrected chi connectivity index (χ3v) is 6.16. The molecule has 156 valence electrons. The lowest BCUT2D eigenvalue weighted by Crippen LogP contribution is -2.32. The fourth-order valence-corrected chi connectivity index (χ4v) is 4.05. The SMILES string of the molecule is Cc1ccccc1OC(C)C(=O)Nc1ccc(S(=O)(=O)NCC2CCCO2)cc1. The summed E-state index contributed by atoms with van der Waals surface area (Å²) in [5.74, 6) is 0.328. The molecule has 0 aromatic heterocycles. The molecule has 0 aliphatic carbocycles. The molecule has 1 amide bonds. The fourth-order valence-electron chi connectivity index (χ4n) is 2.99. The first-order chi connectivity index (χ1) is 13.8. The van der Waals surface area contributed by atoms with Gasteiger partial charge in [-0.1, -0.05) is 18.2 Å². The molecule has 0 spiro atoms. The molecular formula is C21H26N2O5S. The summed E-state index contributed by atoms with van der Waals surface area (Å²) < 4.78 is 38.5. The number of ether oxygens (including phenoxy) is 2. The van der Waals surface area contributed by atoms with Gasteiger partial charge in [-0.2, -0.15) is 0 Å². The van der Waals surface area contributed by atoms with Gasteiger partial charge in [0, 0.05) is 18.8 Å². The summed E-state index contributed by atoms with van der Waals surface area (Å²) in [5.41, 5.74) is 1.44. The van der Waals surface area contributed by atoms with Gasteiger partial charge >= 0.3 is 0 Å². The summed E-state index contributed by atoms with van der Waals surface area (Å²) in [6.45, 7) is 4.50. The molecule has 1 aliphatic rings. The van der Waals surface area contributed by atoms with Crippen molar-refractivity contribution >= 4 is 21.6 Å². The number of hydrogen-bond donors (Lipinski definition) is 2. The minimum Gasteiger partial charge on any atom is -0.481 e. The third kappa shape index (κ3) is 5.79. The van der Waals surface area contributed by atoms with Crippen LogP contribution in [0.25, 0.3) is 0 Å². The van der Waals surface area contributed by atoms with Gasteiger partial charge in [-0.05, 0) is 62.6 Å². The number of aryl methyl sites for hydroxylation is 1. The largest absolute Gasteiger partial charge is 0.481 e. The highest BCUT2D eigenvalue weighted by Crippen LogP contribution is 2.19. The average Bonchev–Trinajstić information content (AvgIpc) is 3.22. The monoisotopic (exact) mass is 418 g/mol. The van der Waals surface area contributed by atoms with Crippen LogP contribution in [-0.4, -0.2) is 39.7 Å². The molecule has 1 aliphatic heterocycles. The normalized spacial score (nSPS) is 17.7. The van der Waals surface area contributed by atoms with Gasteiger partial charge in [-0.25, -0.2) is 13.1 Å². The van der Waals surface area contributed by atoms with E-state index in [0.717, 1.165) is 18.4 Å². The zero-order valence-corrected chi connectivity index (χ0v) is 17.4. The van der Waals surface area contributed by atoms with Gasteiger partial charge in [-0.15, -0.1) is 0 Å². The molecule has 2 unspecified atom stereocenters. The Hall–Kier alpha value is -2.42. The van der Waals surface area contributed by atoms with E-state index in [2.05, 4.69) is 10.0 Å². The number of benzene rings is 2. The molecule has 0 saturated carbocycles. The van der Waals surface area contributed by atoms with Crippen LogP contribution in [-0.2, 0) is 19.6 Å². The molecule has 0 radical (unpaired) electrons. The van der Waals surface area contributed by atoms with E-state index in [0.29, 0.717) is 18.0 Å². The highest BCUT2D eigenvalue weighted by atomic mass is 32.2. The smallest absolute Gasteiger partial charge is 0.265 e. The maximum Gasteiger partial charge on any atom is 0.265 e. The Morgan fingerprint density at radius 2 is 1.93 bits per heavy atom. The number of nitrogens with one attached hydrogen (secondary N) is 2. The molecule has 1 fully saturated rings. The van der Waals surface area contributed by atoms with Gasteiger partial charge in [0.05, 0.1) is 11.0 Å². The summed E-state index contributed by atoms with van der Waals surface area (Å²) in [7, 11) is -3.62. The number of rotatable bonds is 8. The van der Waals surface area contributed by atoms with Gasteiger partial charge in [0.15, 0.2) is 6.10 Å². The predicted molar refractivity (Wildman–Crippen MR) is 111 cm³/mol. The van der Waals surface area contributed by atoms with E-state index < -0.39 is 16.1 Å². The average molecular weight is 419 g/mol. The molecular weight excluding hydrogens is 392 g/mol. The summed E-state index contributed by atoms with van der Waals surface area (Å²) in [6.07, 6.45) is 1.04. The zero-order valence-electron chi connectivity index (χ0n) is 16.6. The summed E-state index contributed by atoms with van der Waals surface area (Å²) in [4.78, 5) is 12.5. The van der Waals surface area contributed by atoms with Crippen LogP contribution >= 0.6 is 0 Å². The van der Waals surface area contributed by atoms with Gasteiger partial charge in [0.1, 0.15) is 5.75 Å². The van der Waals surface area contributed by atoms with Gasteiger partial charge in [-0.3, -0.25) is 4.79 Å². The first-order valence-electron chi connectivity index (χ1n) is 9.59. The Morgan fingerprint density at radius 3 is 2.59 bits per heavy atom. The molecule has 8 heteroatoms. The summed E-state index contributed by atoms with van der Waals surface area (Å²) >= 11 is 0. The highest BCUT2D eigenvalue weighted by molar-refractivity contribution is 7.89. The molecule has 2 N–H and O–H groups in total. The predicted octanol–water partition coefficient (Wildman–Crippen LogP) is 2.86. The Labute approximate surface area is 171 Å². The Bertz CT molecular complexity index is 938. The number of para-hydroxylation sites is 1. The van der Waals surface area contributed by atoms with Crippen molar-refractivity contribution < 1.29 is 22.7 Å². The summed E-state index contributed by atoms with van der Waals surface area (Å²) in [6, 6.07) is 13.5. The quantitative estimate of drug-likeness (QED) is 0.688. The first kappa shape index (κ1) is 21.3. The van der Waals surface area contributed by atoms with Crippen molar-refractivity contribution in [2.45, 2.75) is 43.8 Å². The van der Waals surface area contributed by atoms with Crippen molar-refractivity contribution in [1.29, 1.82) is 0 Å². The topological polar surface area (TPSA) is 93.7 Å². The third-order valence-electron chi connectivity index (χ3n) is 4.72. The van der Waals surface area contributed by atoms with Crippen LogP contribution in [0.3, 0.4) is 0 Å². The van der Waals surface area contributed by atoms with Crippen molar-refractivity contribution in [2.75, 3.05) is 18.5 Å². The Kier molecular flexibility index (Phi) is 6.89. The van der Waals surface area contributed by atoms with Crippen molar-refractivity contribution in [3.63, 3.8) is 0 Å². The van der Waals surface area contributed by atoms with Crippen LogP contribution in [0, 0.1) is 6.92 Å². The highest BCUT2D eigenvalue weighted by Gasteiger charge is 2.21. The van der Waals surface area contributed by atoms with Crippen molar-refractivity contribution in [2.24, 2.45) is 0 Å². The van der Waals surface area contributed by atoms with Gasteiger partial charge < -0.3 is 14.8 Å². The molecule has 1 saturated heterocycles. The molecule has 2 atom stereocenters.